The van der Waals surface area contributed by atoms with Gasteiger partial charge in [0.05, 0.1) is 0 Å². The van der Waals surface area contributed by atoms with Crippen molar-refractivity contribution < 1.29 is 26.3 Å². The van der Waals surface area contributed by atoms with Gasteiger partial charge in [0.1, 0.15) is 34.4 Å². The molecule has 0 fully saturated rings. The molecule has 0 bridgehead atoms. The summed E-state index contributed by atoms with van der Waals surface area (Å²) < 4.78 is 68.3. The van der Waals surface area contributed by atoms with E-state index in [2.05, 4.69) is 35.0 Å². The monoisotopic (exact) mass is 454 g/mol. The van der Waals surface area contributed by atoms with Crippen LogP contribution in [0.1, 0.15) is 0 Å². The second-order valence-corrected chi connectivity index (χ2v) is 7.68. The molecule has 0 aliphatic carbocycles. The summed E-state index contributed by atoms with van der Waals surface area (Å²) in [5.74, 6) is 0.652. The van der Waals surface area contributed by atoms with Gasteiger partial charge in [-0.05, 0) is 24.3 Å². The molecule has 0 unspecified atom stereocenters. The van der Waals surface area contributed by atoms with Crippen LogP contribution in [-0.4, -0.2) is 42.8 Å². The van der Waals surface area contributed by atoms with E-state index in [9.17, 15) is 21.6 Å². The highest BCUT2D eigenvalue weighted by atomic mass is 32.2. The summed E-state index contributed by atoms with van der Waals surface area (Å²) in [5, 5.41) is 5.88. The number of ether oxygens (including phenoxy) is 1. The minimum atomic E-state index is -5.01. The normalized spacial score (nSPS) is 11.7. The number of halogens is 3. The molecule has 9 nitrogen and oxygen atoms in total. The maximum Gasteiger partial charge on any atom is 0.573 e. The summed E-state index contributed by atoms with van der Waals surface area (Å²) in [5.41, 5.74) is 0. The standard InChI is InChI=1S/C18H17F3N6O3S/c19-18(20,21)30-13-5-1-2-6-14(13)31(28,29)26-10-9-23-16-11-17(25-12-24-16)27-15-7-3-4-8-22-15/h1-8,11-12,26H,9-10H2,(H2,22,23,24,25,27). The first kappa shape index (κ1) is 22.2. The van der Waals surface area contributed by atoms with Crippen LogP contribution >= 0.6 is 0 Å². The van der Waals surface area contributed by atoms with Crippen molar-refractivity contribution in [3.05, 3.63) is 61.1 Å². The molecule has 13 heteroatoms. The lowest BCUT2D eigenvalue weighted by molar-refractivity contribution is -0.275. The molecule has 0 radical (unpaired) electrons. The summed E-state index contributed by atoms with van der Waals surface area (Å²) in [6, 6.07) is 11.4. The lowest BCUT2D eigenvalue weighted by Crippen LogP contribution is -2.30. The Labute approximate surface area is 175 Å². The van der Waals surface area contributed by atoms with Gasteiger partial charge >= 0.3 is 6.36 Å². The van der Waals surface area contributed by atoms with E-state index in [1.54, 1.807) is 30.5 Å². The molecule has 0 atom stereocenters. The zero-order valence-electron chi connectivity index (χ0n) is 15.8. The first-order valence-corrected chi connectivity index (χ1v) is 10.3. The summed E-state index contributed by atoms with van der Waals surface area (Å²) in [4.78, 5) is 11.6. The molecule has 2 aromatic heterocycles. The Kier molecular flexibility index (Phi) is 6.87. The molecule has 0 amide bonds. The lowest BCUT2D eigenvalue weighted by Gasteiger charge is -2.14. The van der Waals surface area contributed by atoms with Gasteiger partial charge in [0, 0.05) is 25.4 Å². The van der Waals surface area contributed by atoms with Gasteiger partial charge in [-0.1, -0.05) is 18.2 Å². The van der Waals surface area contributed by atoms with Gasteiger partial charge in [-0.15, -0.1) is 13.2 Å². The summed E-state index contributed by atoms with van der Waals surface area (Å²) >= 11 is 0. The third kappa shape index (κ3) is 6.79. The van der Waals surface area contributed by atoms with E-state index in [0.29, 0.717) is 17.5 Å². The minimum absolute atomic E-state index is 0.113. The molecule has 0 aliphatic rings. The van der Waals surface area contributed by atoms with Crippen molar-refractivity contribution in [2.45, 2.75) is 11.3 Å². The van der Waals surface area contributed by atoms with Crippen LogP contribution in [0.2, 0.25) is 0 Å². The molecule has 0 saturated heterocycles. The molecule has 3 N–H and O–H groups in total. The zero-order valence-corrected chi connectivity index (χ0v) is 16.6. The third-order valence-electron chi connectivity index (χ3n) is 3.68. The van der Waals surface area contributed by atoms with E-state index in [0.717, 1.165) is 12.1 Å². The number of pyridine rings is 1. The van der Waals surface area contributed by atoms with Gasteiger partial charge in [-0.3, -0.25) is 0 Å². The number of hydrogen-bond donors (Lipinski definition) is 3. The molecule has 31 heavy (non-hydrogen) atoms. The average Bonchev–Trinajstić information content (AvgIpc) is 2.71. The Balaban J connectivity index is 1.57. The first-order chi connectivity index (χ1) is 14.7. The zero-order chi connectivity index (χ0) is 22.3. The number of aromatic nitrogens is 3. The predicted molar refractivity (Wildman–Crippen MR) is 106 cm³/mol. The number of nitrogens with zero attached hydrogens (tertiary/aromatic N) is 3. The largest absolute Gasteiger partial charge is 0.573 e. The van der Waals surface area contributed by atoms with Crippen LogP contribution in [0.5, 0.6) is 5.75 Å². The Morgan fingerprint density at radius 1 is 0.903 bits per heavy atom. The summed E-state index contributed by atoms with van der Waals surface area (Å²) in [6.07, 6.45) is -2.09. The smallest absolute Gasteiger partial charge is 0.404 e. The van der Waals surface area contributed by atoms with Crippen molar-refractivity contribution in [3.8, 4) is 5.75 Å². The summed E-state index contributed by atoms with van der Waals surface area (Å²) in [6.45, 7) is -0.00272. The number of benzene rings is 1. The van der Waals surface area contributed by atoms with Crippen LogP contribution in [0.25, 0.3) is 0 Å². The maximum absolute atomic E-state index is 12.5. The van der Waals surface area contributed by atoms with E-state index in [1.165, 1.54) is 18.5 Å². The quantitative estimate of drug-likeness (QED) is 0.423. The summed E-state index contributed by atoms with van der Waals surface area (Å²) in [7, 11) is -4.23. The maximum atomic E-state index is 12.5. The number of para-hydroxylation sites is 1. The highest BCUT2D eigenvalue weighted by molar-refractivity contribution is 7.89. The number of rotatable bonds is 9. The fourth-order valence-electron chi connectivity index (χ4n) is 2.43. The average molecular weight is 454 g/mol. The fourth-order valence-corrected chi connectivity index (χ4v) is 3.58. The molecular formula is C18H17F3N6O3S. The van der Waals surface area contributed by atoms with Crippen LogP contribution in [0.3, 0.4) is 0 Å². The van der Waals surface area contributed by atoms with E-state index >= 15 is 0 Å². The SMILES string of the molecule is O=S(=O)(NCCNc1cc(Nc2ccccn2)ncn1)c1ccccc1OC(F)(F)F. The lowest BCUT2D eigenvalue weighted by atomic mass is 10.3. The van der Waals surface area contributed by atoms with Gasteiger partial charge in [-0.2, -0.15) is 0 Å². The minimum Gasteiger partial charge on any atom is -0.404 e. The molecule has 3 rings (SSSR count). The Morgan fingerprint density at radius 2 is 1.65 bits per heavy atom. The van der Waals surface area contributed by atoms with Crippen LogP contribution in [-0.2, 0) is 10.0 Å². The van der Waals surface area contributed by atoms with Gasteiger partial charge < -0.3 is 15.4 Å². The molecule has 0 aliphatic heterocycles. The molecule has 3 aromatic rings. The van der Waals surface area contributed by atoms with Crippen molar-refractivity contribution in [1.29, 1.82) is 0 Å². The highest BCUT2D eigenvalue weighted by Crippen LogP contribution is 2.29. The van der Waals surface area contributed by atoms with Crippen LogP contribution in [0.15, 0.2) is 66.0 Å². The number of alkyl halides is 3. The Hall–Kier alpha value is -3.45. The molecular weight excluding hydrogens is 437 g/mol. The Morgan fingerprint density at radius 3 is 2.39 bits per heavy atom. The molecule has 1 aromatic carbocycles. The van der Waals surface area contributed by atoms with Gasteiger partial charge in [0.15, 0.2) is 0 Å². The highest BCUT2D eigenvalue weighted by Gasteiger charge is 2.33. The van der Waals surface area contributed by atoms with Crippen LogP contribution < -0.4 is 20.1 Å². The van der Waals surface area contributed by atoms with Crippen molar-refractivity contribution in [1.82, 2.24) is 19.7 Å². The van der Waals surface area contributed by atoms with Gasteiger partial charge in [0.2, 0.25) is 10.0 Å². The molecule has 0 spiro atoms. The molecule has 0 saturated carbocycles. The van der Waals surface area contributed by atoms with E-state index in [-0.39, 0.29) is 13.1 Å². The van der Waals surface area contributed by atoms with Crippen molar-refractivity contribution in [2.24, 2.45) is 0 Å². The second kappa shape index (κ2) is 9.57. The molecule has 2 heterocycles. The topological polar surface area (TPSA) is 118 Å². The van der Waals surface area contributed by atoms with Crippen LogP contribution in [0, 0.1) is 0 Å². The molecule has 164 valence electrons. The van der Waals surface area contributed by atoms with E-state index < -0.39 is 27.0 Å². The number of sulfonamides is 1. The van der Waals surface area contributed by atoms with E-state index in [4.69, 9.17) is 0 Å². The number of hydrogen-bond acceptors (Lipinski definition) is 8. The number of anilines is 3. The second-order valence-electron chi connectivity index (χ2n) is 5.95. The van der Waals surface area contributed by atoms with E-state index in [1.807, 2.05) is 0 Å². The first-order valence-electron chi connectivity index (χ1n) is 8.81. The van der Waals surface area contributed by atoms with Crippen molar-refractivity contribution >= 4 is 27.5 Å². The van der Waals surface area contributed by atoms with Crippen LogP contribution in [0.4, 0.5) is 30.6 Å². The fraction of sp³-hybridized carbons (Fsp3) is 0.167. The van der Waals surface area contributed by atoms with Crippen molar-refractivity contribution in [3.63, 3.8) is 0 Å². The van der Waals surface area contributed by atoms with Gasteiger partial charge in [0.25, 0.3) is 0 Å². The van der Waals surface area contributed by atoms with Crippen molar-refractivity contribution in [2.75, 3.05) is 23.7 Å². The Bertz CT molecular complexity index is 1110. The number of nitrogens with one attached hydrogen (secondary N) is 3. The predicted octanol–water partition coefficient (Wildman–Crippen LogP) is 2.90. The van der Waals surface area contributed by atoms with Gasteiger partial charge in [-0.25, -0.2) is 28.1 Å². The third-order valence-corrected chi connectivity index (χ3v) is 5.18.